The summed E-state index contributed by atoms with van der Waals surface area (Å²) in [6, 6.07) is 9.21. The average molecular weight is 276 g/mol. The molecule has 0 aliphatic carbocycles. The number of nitrogens with one attached hydrogen (secondary N) is 2. The van der Waals surface area contributed by atoms with Crippen LogP contribution in [0.4, 0.5) is 0 Å². The van der Waals surface area contributed by atoms with E-state index in [1.54, 1.807) is 0 Å². The van der Waals surface area contributed by atoms with Crippen LogP contribution in [0.2, 0.25) is 0 Å². The molecule has 2 rings (SSSR count). The first-order valence-corrected chi connectivity index (χ1v) is 6.86. The quantitative estimate of drug-likeness (QED) is 0.781. The molecule has 20 heavy (non-hydrogen) atoms. The smallest absolute Gasteiger partial charge is 0.314 e. The Hall–Kier alpha value is -1.88. The van der Waals surface area contributed by atoms with Gasteiger partial charge >= 0.3 is 5.97 Å². The van der Waals surface area contributed by atoms with E-state index in [-0.39, 0.29) is 24.5 Å². The molecule has 1 aliphatic heterocycles. The molecule has 5 heteroatoms. The third kappa shape index (κ3) is 3.57. The van der Waals surface area contributed by atoms with E-state index in [4.69, 9.17) is 4.74 Å². The van der Waals surface area contributed by atoms with Crippen LogP contribution in [0.1, 0.15) is 24.3 Å². The fourth-order valence-electron chi connectivity index (χ4n) is 2.40. The van der Waals surface area contributed by atoms with Crippen molar-refractivity contribution < 1.29 is 14.3 Å². The molecule has 1 saturated heterocycles. The summed E-state index contributed by atoms with van der Waals surface area (Å²) in [6.07, 6.45) is 1.86. The number of ether oxygens (including phenoxy) is 1. The zero-order chi connectivity index (χ0) is 14.4. The first-order chi connectivity index (χ1) is 9.72. The molecule has 1 aliphatic rings. The third-order valence-electron chi connectivity index (χ3n) is 3.54. The van der Waals surface area contributed by atoms with Crippen molar-refractivity contribution in [3.05, 3.63) is 35.9 Å². The minimum Gasteiger partial charge on any atom is -0.468 e. The molecule has 0 aromatic heterocycles. The molecular formula is C15H20N2O3. The average Bonchev–Trinajstić information content (AvgIpc) is 3.02. The Morgan fingerprint density at radius 3 is 2.75 bits per heavy atom. The summed E-state index contributed by atoms with van der Waals surface area (Å²) in [5.74, 6) is -0.852. The van der Waals surface area contributed by atoms with E-state index < -0.39 is 5.92 Å². The number of methoxy groups -OCH3 is 1. The molecule has 5 nitrogen and oxygen atoms in total. The number of benzene rings is 1. The summed E-state index contributed by atoms with van der Waals surface area (Å²) in [7, 11) is 1.36. The Morgan fingerprint density at radius 1 is 1.40 bits per heavy atom. The van der Waals surface area contributed by atoms with Crippen LogP contribution >= 0.6 is 0 Å². The van der Waals surface area contributed by atoms with Crippen molar-refractivity contribution in [2.24, 2.45) is 0 Å². The molecule has 1 aromatic carbocycles. The molecular weight excluding hydrogens is 256 g/mol. The van der Waals surface area contributed by atoms with Crippen molar-refractivity contribution in [2.45, 2.75) is 24.8 Å². The highest BCUT2D eigenvalue weighted by molar-refractivity contribution is 5.84. The second-order valence-electron chi connectivity index (χ2n) is 4.88. The molecule has 2 atom stereocenters. The number of hydrogen-bond donors (Lipinski definition) is 2. The fourth-order valence-corrected chi connectivity index (χ4v) is 2.40. The van der Waals surface area contributed by atoms with Gasteiger partial charge < -0.3 is 15.4 Å². The minimum absolute atomic E-state index is 0.0488. The summed E-state index contributed by atoms with van der Waals surface area (Å²) in [5, 5.41) is 5.97. The van der Waals surface area contributed by atoms with Crippen LogP contribution < -0.4 is 10.6 Å². The van der Waals surface area contributed by atoms with Crippen LogP contribution in [0.25, 0.3) is 0 Å². The molecule has 2 N–H and O–H groups in total. The minimum atomic E-state index is -0.466. The molecule has 1 amide bonds. The van der Waals surface area contributed by atoms with Gasteiger partial charge in [0.25, 0.3) is 0 Å². The van der Waals surface area contributed by atoms with Crippen molar-refractivity contribution >= 4 is 11.9 Å². The number of amides is 1. The molecule has 2 unspecified atom stereocenters. The lowest BCUT2D eigenvalue weighted by atomic mass is 9.99. The SMILES string of the molecule is COC(=O)C(CNC(=O)C1CCCN1)c1ccccc1. The molecule has 108 valence electrons. The second-order valence-corrected chi connectivity index (χ2v) is 4.88. The third-order valence-corrected chi connectivity index (χ3v) is 3.54. The summed E-state index contributed by atoms with van der Waals surface area (Å²) in [5.41, 5.74) is 0.846. The van der Waals surface area contributed by atoms with E-state index >= 15 is 0 Å². The van der Waals surface area contributed by atoms with Crippen LogP contribution in [0.5, 0.6) is 0 Å². The number of carbonyl (C=O) groups excluding carboxylic acids is 2. The van der Waals surface area contributed by atoms with E-state index in [9.17, 15) is 9.59 Å². The molecule has 1 aromatic rings. The Bertz CT molecular complexity index is 455. The van der Waals surface area contributed by atoms with Crippen LogP contribution in [0.3, 0.4) is 0 Å². The normalized spacial score (nSPS) is 19.4. The van der Waals surface area contributed by atoms with Crippen molar-refractivity contribution in [3.8, 4) is 0 Å². The number of hydrogen-bond acceptors (Lipinski definition) is 4. The van der Waals surface area contributed by atoms with Crippen LogP contribution in [-0.4, -0.2) is 38.1 Å². The monoisotopic (exact) mass is 276 g/mol. The Labute approximate surface area is 118 Å². The molecule has 0 bridgehead atoms. The maximum Gasteiger partial charge on any atom is 0.314 e. The Morgan fingerprint density at radius 2 is 2.15 bits per heavy atom. The topological polar surface area (TPSA) is 67.4 Å². The zero-order valence-corrected chi connectivity index (χ0v) is 11.6. The molecule has 1 fully saturated rings. The van der Waals surface area contributed by atoms with Gasteiger partial charge in [0.2, 0.25) is 5.91 Å². The number of esters is 1. The van der Waals surface area contributed by atoms with Gasteiger partial charge in [-0.25, -0.2) is 0 Å². The van der Waals surface area contributed by atoms with Gasteiger partial charge in [0.15, 0.2) is 0 Å². The highest BCUT2D eigenvalue weighted by Crippen LogP contribution is 2.16. The van der Waals surface area contributed by atoms with E-state index in [2.05, 4.69) is 10.6 Å². The summed E-state index contributed by atoms with van der Waals surface area (Å²) < 4.78 is 4.82. The largest absolute Gasteiger partial charge is 0.468 e. The van der Waals surface area contributed by atoms with Gasteiger partial charge in [0.05, 0.1) is 19.1 Å². The lowest BCUT2D eigenvalue weighted by Crippen LogP contribution is -2.42. The molecule has 0 spiro atoms. The van der Waals surface area contributed by atoms with Crippen molar-refractivity contribution in [1.82, 2.24) is 10.6 Å². The van der Waals surface area contributed by atoms with Gasteiger partial charge in [-0.3, -0.25) is 9.59 Å². The van der Waals surface area contributed by atoms with Gasteiger partial charge in [0.1, 0.15) is 0 Å². The first-order valence-electron chi connectivity index (χ1n) is 6.86. The highest BCUT2D eigenvalue weighted by atomic mass is 16.5. The summed E-state index contributed by atoms with van der Waals surface area (Å²) in [4.78, 5) is 23.8. The van der Waals surface area contributed by atoms with Gasteiger partial charge in [-0.15, -0.1) is 0 Å². The predicted molar refractivity (Wildman–Crippen MR) is 75.2 cm³/mol. The predicted octanol–water partition coefficient (Wildman–Crippen LogP) is 0.811. The van der Waals surface area contributed by atoms with E-state index in [0.717, 1.165) is 24.9 Å². The fraction of sp³-hybridized carbons (Fsp3) is 0.467. The van der Waals surface area contributed by atoms with E-state index in [0.29, 0.717) is 0 Å². The second kappa shape index (κ2) is 7.05. The van der Waals surface area contributed by atoms with Gasteiger partial charge in [0, 0.05) is 6.54 Å². The van der Waals surface area contributed by atoms with E-state index in [1.807, 2.05) is 30.3 Å². The lowest BCUT2D eigenvalue weighted by Gasteiger charge is -2.17. The Kier molecular flexibility index (Phi) is 5.12. The van der Waals surface area contributed by atoms with Crippen molar-refractivity contribution in [1.29, 1.82) is 0 Å². The van der Waals surface area contributed by atoms with Gasteiger partial charge in [-0.2, -0.15) is 0 Å². The molecule has 1 heterocycles. The number of carbonyl (C=O) groups is 2. The van der Waals surface area contributed by atoms with Crippen molar-refractivity contribution in [2.75, 3.05) is 20.2 Å². The standard InChI is InChI=1S/C15H20N2O3/c1-20-15(19)12(11-6-3-2-4-7-11)10-17-14(18)13-8-5-9-16-13/h2-4,6-7,12-13,16H,5,8-10H2,1H3,(H,17,18). The van der Waals surface area contributed by atoms with Crippen LogP contribution in [-0.2, 0) is 14.3 Å². The maximum absolute atomic E-state index is 12.0. The highest BCUT2D eigenvalue weighted by Gasteiger charge is 2.25. The Balaban J connectivity index is 1.98. The van der Waals surface area contributed by atoms with Crippen molar-refractivity contribution in [3.63, 3.8) is 0 Å². The number of rotatable bonds is 5. The lowest BCUT2D eigenvalue weighted by molar-refractivity contribution is -0.142. The first kappa shape index (κ1) is 14.5. The van der Waals surface area contributed by atoms with E-state index in [1.165, 1.54) is 7.11 Å². The molecule has 0 radical (unpaired) electrons. The zero-order valence-electron chi connectivity index (χ0n) is 11.6. The van der Waals surface area contributed by atoms with Crippen LogP contribution in [0, 0.1) is 0 Å². The van der Waals surface area contributed by atoms with Gasteiger partial charge in [-0.05, 0) is 24.9 Å². The maximum atomic E-state index is 12.0. The van der Waals surface area contributed by atoms with Gasteiger partial charge in [-0.1, -0.05) is 30.3 Å². The molecule has 0 saturated carbocycles. The van der Waals surface area contributed by atoms with Crippen LogP contribution in [0.15, 0.2) is 30.3 Å². The summed E-state index contributed by atoms with van der Waals surface area (Å²) in [6.45, 7) is 1.13. The summed E-state index contributed by atoms with van der Waals surface area (Å²) >= 11 is 0.